The molecule has 0 unspecified atom stereocenters. The Morgan fingerprint density at radius 2 is 2.40 bits per heavy atom. The van der Waals surface area contributed by atoms with Crippen molar-refractivity contribution in [2.24, 2.45) is 5.92 Å². The molecule has 2 nitrogen and oxygen atoms in total. The molecule has 0 atom stereocenters. The molecule has 0 fully saturated rings. The van der Waals surface area contributed by atoms with Gasteiger partial charge < -0.3 is 4.57 Å². The molecule has 0 amide bonds. The van der Waals surface area contributed by atoms with Crippen molar-refractivity contribution in [1.82, 2.24) is 9.55 Å². The maximum Gasteiger partial charge on any atom is 0.177 e. The van der Waals surface area contributed by atoms with Gasteiger partial charge in [0.15, 0.2) is 4.73 Å². The minimum absolute atomic E-state index is 0.672. The molecular weight excluding hydrogens is 192 g/mol. The van der Waals surface area contributed by atoms with Crippen molar-refractivity contribution in [1.29, 1.82) is 0 Å². The van der Waals surface area contributed by atoms with Crippen LogP contribution in [0.4, 0.5) is 0 Å². The normalized spacial score (nSPS) is 10.8. The lowest BCUT2D eigenvalue weighted by Crippen LogP contribution is -2.02. The number of hydrogen-bond acceptors (Lipinski definition) is 1. The highest BCUT2D eigenvalue weighted by atomic mass is 79.9. The maximum absolute atomic E-state index is 4.05. The number of halogens is 1. The zero-order valence-corrected chi connectivity index (χ0v) is 7.80. The maximum atomic E-state index is 4.05. The van der Waals surface area contributed by atoms with Crippen molar-refractivity contribution in [3.05, 3.63) is 17.1 Å². The molecule has 3 heteroatoms. The molecule has 0 bridgehead atoms. The summed E-state index contributed by atoms with van der Waals surface area (Å²) in [5.74, 6) is 0.672. The van der Waals surface area contributed by atoms with E-state index in [2.05, 4.69) is 39.3 Å². The predicted molar refractivity (Wildman–Crippen MR) is 44.8 cm³/mol. The first-order valence-electron chi connectivity index (χ1n) is 3.37. The molecule has 0 saturated heterocycles. The van der Waals surface area contributed by atoms with Gasteiger partial charge in [-0.1, -0.05) is 13.8 Å². The molecule has 0 saturated carbocycles. The highest BCUT2D eigenvalue weighted by molar-refractivity contribution is 9.10. The van der Waals surface area contributed by atoms with Gasteiger partial charge in [-0.15, -0.1) is 0 Å². The Balaban J connectivity index is 2.65. The summed E-state index contributed by atoms with van der Waals surface area (Å²) < 4.78 is 3.01. The average molecular weight is 203 g/mol. The fraction of sp³-hybridized carbons (Fsp3) is 0.571. The summed E-state index contributed by atoms with van der Waals surface area (Å²) in [6.45, 7) is 5.40. The third-order valence-corrected chi connectivity index (χ3v) is 1.89. The SMILES string of the molecule is CC(C)Cn1ccnc1Br. The van der Waals surface area contributed by atoms with Gasteiger partial charge in [0.2, 0.25) is 0 Å². The average Bonchev–Trinajstić information content (AvgIpc) is 2.15. The second-order valence-electron chi connectivity index (χ2n) is 2.74. The molecule has 1 aromatic rings. The van der Waals surface area contributed by atoms with E-state index >= 15 is 0 Å². The predicted octanol–water partition coefficient (Wildman–Crippen LogP) is 2.30. The van der Waals surface area contributed by atoms with Gasteiger partial charge in [0.25, 0.3) is 0 Å². The molecule has 0 N–H and O–H groups in total. The van der Waals surface area contributed by atoms with Crippen LogP contribution in [0.1, 0.15) is 13.8 Å². The van der Waals surface area contributed by atoms with E-state index < -0.39 is 0 Å². The van der Waals surface area contributed by atoms with Crippen LogP contribution in [0.15, 0.2) is 17.1 Å². The lowest BCUT2D eigenvalue weighted by atomic mass is 10.2. The van der Waals surface area contributed by atoms with E-state index in [1.165, 1.54) is 0 Å². The van der Waals surface area contributed by atoms with Gasteiger partial charge in [0.05, 0.1) is 0 Å². The standard InChI is InChI=1S/C7H11BrN2/c1-6(2)5-10-4-3-9-7(10)8/h3-4,6H,5H2,1-2H3. The second-order valence-corrected chi connectivity index (χ2v) is 3.45. The lowest BCUT2D eigenvalue weighted by molar-refractivity contribution is 0.516. The highest BCUT2D eigenvalue weighted by Gasteiger charge is 1.99. The molecule has 0 aliphatic rings. The summed E-state index contributed by atoms with van der Waals surface area (Å²) in [6, 6.07) is 0. The number of rotatable bonds is 2. The van der Waals surface area contributed by atoms with Crippen LogP contribution in [0.25, 0.3) is 0 Å². The van der Waals surface area contributed by atoms with Crippen molar-refractivity contribution in [2.75, 3.05) is 0 Å². The van der Waals surface area contributed by atoms with Crippen LogP contribution >= 0.6 is 15.9 Å². The van der Waals surface area contributed by atoms with Crippen LogP contribution in [0.2, 0.25) is 0 Å². The first-order valence-corrected chi connectivity index (χ1v) is 4.16. The molecule has 1 heterocycles. The summed E-state index contributed by atoms with van der Waals surface area (Å²) in [6.07, 6.45) is 3.77. The quantitative estimate of drug-likeness (QED) is 0.721. The fourth-order valence-corrected chi connectivity index (χ4v) is 1.22. The monoisotopic (exact) mass is 202 g/mol. The topological polar surface area (TPSA) is 17.8 Å². The summed E-state index contributed by atoms with van der Waals surface area (Å²) in [4.78, 5) is 4.05. The Morgan fingerprint density at radius 3 is 2.80 bits per heavy atom. The van der Waals surface area contributed by atoms with Crippen molar-refractivity contribution in [3.63, 3.8) is 0 Å². The van der Waals surface area contributed by atoms with Crippen LogP contribution in [0.3, 0.4) is 0 Å². The van der Waals surface area contributed by atoms with Crippen molar-refractivity contribution in [3.8, 4) is 0 Å². The Labute approximate surface area is 69.4 Å². The van der Waals surface area contributed by atoms with Crippen molar-refractivity contribution < 1.29 is 0 Å². The molecule has 0 radical (unpaired) electrons. The van der Waals surface area contributed by atoms with Crippen LogP contribution in [-0.2, 0) is 6.54 Å². The minimum Gasteiger partial charge on any atom is -0.325 e. The van der Waals surface area contributed by atoms with E-state index in [0.29, 0.717) is 5.92 Å². The largest absolute Gasteiger partial charge is 0.325 e. The lowest BCUT2D eigenvalue weighted by Gasteiger charge is -2.05. The van der Waals surface area contributed by atoms with Gasteiger partial charge >= 0.3 is 0 Å². The Kier molecular flexibility index (Phi) is 2.49. The van der Waals surface area contributed by atoms with Crippen molar-refractivity contribution >= 4 is 15.9 Å². The molecule has 0 spiro atoms. The molecule has 0 aromatic carbocycles. The Morgan fingerprint density at radius 1 is 1.70 bits per heavy atom. The molecule has 56 valence electrons. The summed E-state index contributed by atoms with van der Waals surface area (Å²) in [5.41, 5.74) is 0. The first-order chi connectivity index (χ1) is 4.70. The van der Waals surface area contributed by atoms with Crippen LogP contribution in [0, 0.1) is 5.92 Å². The second kappa shape index (κ2) is 3.19. The van der Waals surface area contributed by atoms with Gasteiger partial charge in [-0.05, 0) is 21.8 Å². The Bertz CT molecular complexity index is 205. The first kappa shape index (κ1) is 7.79. The number of hydrogen-bond donors (Lipinski definition) is 0. The molecule has 10 heavy (non-hydrogen) atoms. The van der Waals surface area contributed by atoms with Crippen LogP contribution < -0.4 is 0 Å². The summed E-state index contributed by atoms with van der Waals surface area (Å²) in [7, 11) is 0. The number of aromatic nitrogens is 2. The number of imidazole rings is 1. The molecule has 1 aromatic heterocycles. The van der Waals surface area contributed by atoms with Crippen LogP contribution in [-0.4, -0.2) is 9.55 Å². The van der Waals surface area contributed by atoms with Gasteiger partial charge in [-0.25, -0.2) is 4.98 Å². The van der Waals surface area contributed by atoms with Gasteiger partial charge in [0.1, 0.15) is 0 Å². The van der Waals surface area contributed by atoms with Crippen LogP contribution in [0.5, 0.6) is 0 Å². The van der Waals surface area contributed by atoms with E-state index in [0.717, 1.165) is 11.3 Å². The van der Waals surface area contributed by atoms with Gasteiger partial charge in [-0.2, -0.15) is 0 Å². The van der Waals surface area contributed by atoms with E-state index in [4.69, 9.17) is 0 Å². The minimum atomic E-state index is 0.672. The van der Waals surface area contributed by atoms with Gasteiger partial charge in [-0.3, -0.25) is 0 Å². The molecule has 0 aliphatic heterocycles. The molecular formula is C7H11BrN2. The molecule has 1 rings (SSSR count). The third-order valence-electron chi connectivity index (χ3n) is 1.23. The molecule has 0 aliphatic carbocycles. The van der Waals surface area contributed by atoms with E-state index in [-0.39, 0.29) is 0 Å². The fourth-order valence-electron chi connectivity index (χ4n) is 0.841. The number of nitrogens with zero attached hydrogens (tertiary/aromatic N) is 2. The zero-order chi connectivity index (χ0) is 7.56. The Hall–Kier alpha value is -0.310. The summed E-state index contributed by atoms with van der Waals surface area (Å²) in [5, 5.41) is 0. The summed E-state index contributed by atoms with van der Waals surface area (Å²) >= 11 is 3.35. The van der Waals surface area contributed by atoms with E-state index in [1.807, 2.05) is 6.20 Å². The smallest absolute Gasteiger partial charge is 0.177 e. The third kappa shape index (κ3) is 1.84. The van der Waals surface area contributed by atoms with Crippen molar-refractivity contribution in [2.45, 2.75) is 20.4 Å². The van der Waals surface area contributed by atoms with E-state index in [9.17, 15) is 0 Å². The van der Waals surface area contributed by atoms with Gasteiger partial charge in [0, 0.05) is 18.9 Å². The zero-order valence-electron chi connectivity index (χ0n) is 6.21. The highest BCUT2D eigenvalue weighted by Crippen LogP contribution is 2.08. The van der Waals surface area contributed by atoms with E-state index in [1.54, 1.807) is 6.20 Å².